The number of anilines is 1. The number of carbonyl (C=O) groups is 1. The second-order valence-electron chi connectivity index (χ2n) is 9.33. The molecule has 2 N–H and O–H groups in total. The van der Waals surface area contributed by atoms with Crippen molar-refractivity contribution in [2.24, 2.45) is 17.8 Å². The number of nitrogens with zero attached hydrogens (tertiary/aromatic N) is 1. The predicted octanol–water partition coefficient (Wildman–Crippen LogP) is 4.86. The SMILES string of the molecule is C[C@H]1CC2CC(S(=O)(=O)c3cc(C(=O)Nc4cc(F)c(F)c(F)c4)ccc3Cl)CC1[C@@]2(O)CC#N. The minimum absolute atomic E-state index is 0.0441. The van der Waals surface area contributed by atoms with Crippen molar-refractivity contribution in [2.75, 3.05) is 5.32 Å². The van der Waals surface area contributed by atoms with Crippen molar-refractivity contribution < 1.29 is 31.5 Å². The number of nitrogens with one attached hydrogen (secondary N) is 1. The van der Waals surface area contributed by atoms with E-state index in [-0.39, 0.29) is 58.2 Å². The Morgan fingerprint density at radius 1 is 1.20 bits per heavy atom. The minimum atomic E-state index is -4.03. The van der Waals surface area contributed by atoms with E-state index < -0.39 is 44.0 Å². The molecule has 1 amide bonds. The Morgan fingerprint density at radius 3 is 2.46 bits per heavy atom. The molecule has 186 valence electrons. The van der Waals surface area contributed by atoms with Crippen molar-refractivity contribution in [3.05, 3.63) is 58.4 Å². The van der Waals surface area contributed by atoms with Crippen molar-refractivity contribution in [3.8, 4) is 6.07 Å². The zero-order valence-electron chi connectivity index (χ0n) is 18.6. The van der Waals surface area contributed by atoms with E-state index in [1.165, 1.54) is 12.1 Å². The molecule has 2 bridgehead atoms. The summed E-state index contributed by atoms with van der Waals surface area (Å²) < 4.78 is 67.2. The van der Waals surface area contributed by atoms with Gasteiger partial charge in [-0.3, -0.25) is 4.79 Å². The summed E-state index contributed by atoms with van der Waals surface area (Å²) in [7, 11) is -4.03. The number of benzene rings is 2. The molecule has 0 aliphatic heterocycles. The fraction of sp³-hybridized carbons (Fsp3) is 0.417. The number of rotatable bonds is 5. The number of halogens is 4. The predicted molar refractivity (Wildman–Crippen MR) is 122 cm³/mol. The number of sulfone groups is 1. The van der Waals surface area contributed by atoms with Gasteiger partial charge in [-0.1, -0.05) is 18.5 Å². The first kappa shape index (κ1) is 25.5. The van der Waals surface area contributed by atoms with Gasteiger partial charge >= 0.3 is 0 Å². The first-order valence-corrected chi connectivity index (χ1v) is 12.9. The van der Waals surface area contributed by atoms with E-state index in [1.807, 2.05) is 13.0 Å². The second-order valence-corrected chi connectivity index (χ2v) is 11.9. The van der Waals surface area contributed by atoms with Gasteiger partial charge in [0.15, 0.2) is 27.3 Å². The van der Waals surface area contributed by atoms with E-state index in [2.05, 4.69) is 5.32 Å². The maximum atomic E-state index is 13.6. The quantitative estimate of drug-likeness (QED) is 0.541. The van der Waals surface area contributed by atoms with Crippen molar-refractivity contribution in [1.29, 1.82) is 5.26 Å². The van der Waals surface area contributed by atoms with Crippen molar-refractivity contribution >= 4 is 33.0 Å². The van der Waals surface area contributed by atoms with E-state index in [0.717, 1.165) is 6.07 Å². The largest absolute Gasteiger partial charge is 0.388 e. The highest BCUT2D eigenvalue weighted by molar-refractivity contribution is 7.92. The molecule has 5 atom stereocenters. The van der Waals surface area contributed by atoms with Crippen LogP contribution in [0.25, 0.3) is 0 Å². The standard InChI is InChI=1S/C24H22ClF3N2O4S/c1-12-6-14-8-16(11-17(12)24(14,32)4-5-29)35(33,34)21-7-13(2-3-18(21)25)23(31)30-15-9-19(26)22(28)20(27)10-15/h2-3,7,9-10,12,14,16-17,32H,4,6,8,11H2,1H3,(H,30,31)/t12-,14?,16?,17?,24+/m0/s1. The van der Waals surface area contributed by atoms with Crippen LogP contribution in [0.3, 0.4) is 0 Å². The van der Waals surface area contributed by atoms with Gasteiger partial charge in [-0.05, 0) is 55.2 Å². The van der Waals surface area contributed by atoms with E-state index in [1.54, 1.807) is 0 Å². The molecule has 3 unspecified atom stereocenters. The van der Waals surface area contributed by atoms with Crippen LogP contribution in [0.15, 0.2) is 35.2 Å². The normalized spacial score (nSPS) is 27.9. The van der Waals surface area contributed by atoms with E-state index >= 15 is 0 Å². The Balaban J connectivity index is 1.61. The van der Waals surface area contributed by atoms with Gasteiger partial charge in [-0.15, -0.1) is 0 Å². The van der Waals surface area contributed by atoms with Crippen LogP contribution in [0, 0.1) is 46.5 Å². The van der Waals surface area contributed by atoms with Crippen LogP contribution in [-0.2, 0) is 9.84 Å². The molecule has 2 aliphatic carbocycles. The van der Waals surface area contributed by atoms with Crippen molar-refractivity contribution in [2.45, 2.75) is 48.4 Å². The molecular formula is C24H22ClF3N2O4S. The smallest absolute Gasteiger partial charge is 0.255 e. The minimum Gasteiger partial charge on any atom is -0.388 e. The summed E-state index contributed by atoms with van der Waals surface area (Å²) in [4.78, 5) is 12.4. The topological polar surface area (TPSA) is 107 Å². The van der Waals surface area contributed by atoms with Crippen LogP contribution in [0.2, 0.25) is 5.02 Å². The number of carbonyl (C=O) groups excluding carboxylic acids is 1. The van der Waals surface area contributed by atoms with Gasteiger partial charge in [0.1, 0.15) is 0 Å². The summed E-state index contributed by atoms with van der Waals surface area (Å²) in [6, 6.07) is 6.80. The second kappa shape index (κ2) is 9.12. The third-order valence-electron chi connectivity index (χ3n) is 7.30. The summed E-state index contributed by atoms with van der Waals surface area (Å²) in [5, 5.41) is 21.5. The van der Waals surface area contributed by atoms with Crippen molar-refractivity contribution in [1.82, 2.24) is 0 Å². The lowest BCUT2D eigenvalue weighted by atomic mass is 9.72. The molecule has 4 rings (SSSR count). The summed E-state index contributed by atoms with van der Waals surface area (Å²) in [6.45, 7) is 1.93. The third kappa shape index (κ3) is 4.41. The molecule has 0 spiro atoms. The first-order chi connectivity index (χ1) is 16.4. The average molecular weight is 527 g/mol. The van der Waals surface area contributed by atoms with Gasteiger partial charge in [0.05, 0.1) is 33.3 Å². The van der Waals surface area contributed by atoms with Gasteiger partial charge in [0, 0.05) is 23.4 Å². The Hall–Kier alpha value is -2.61. The third-order valence-corrected chi connectivity index (χ3v) is 9.95. The molecule has 0 radical (unpaired) electrons. The molecule has 35 heavy (non-hydrogen) atoms. The highest BCUT2D eigenvalue weighted by Gasteiger charge is 2.58. The zero-order chi connectivity index (χ0) is 25.7. The maximum absolute atomic E-state index is 13.6. The molecule has 2 fully saturated rings. The van der Waals surface area contributed by atoms with Crippen LogP contribution < -0.4 is 5.32 Å². The van der Waals surface area contributed by atoms with Gasteiger partial charge in [-0.2, -0.15) is 5.26 Å². The summed E-state index contributed by atoms with van der Waals surface area (Å²) >= 11 is 6.20. The zero-order valence-corrected chi connectivity index (χ0v) is 20.1. The van der Waals surface area contributed by atoms with Crippen LogP contribution in [0.5, 0.6) is 0 Å². The summed E-state index contributed by atoms with van der Waals surface area (Å²) in [5.41, 5.74) is -1.71. The van der Waals surface area contributed by atoms with E-state index in [0.29, 0.717) is 18.6 Å². The molecule has 0 aromatic heterocycles. The monoisotopic (exact) mass is 526 g/mol. The molecule has 2 aliphatic rings. The number of hydrogen-bond donors (Lipinski definition) is 2. The molecule has 6 nitrogen and oxygen atoms in total. The molecular weight excluding hydrogens is 505 g/mol. The Morgan fingerprint density at radius 2 is 1.86 bits per heavy atom. The maximum Gasteiger partial charge on any atom is 0.255 e. The fourth-order valence-corrected chi connectivity index (χ4v) is 7.95. The summed E-state index contributed by atoms with van der Waals surface area (Å²) in [5.74, 6) is -6.21. The van der Waals surface area contributed by atoms with Crippen molar-refractivity contribution in [3.63, 3.8) is 0 Å². The van der Waals surface area contributed by atoms with Gasteiger partial charge < -0.3 is 10.4 Å². The van der Waals surface area contributed by atoms with E-state index in [4.69, 9.17) is 16.9 Å². The lowest BCUT2D eigenvalue weighted by molar-refractivity contribution is -0.0591. The highest BCUT2D eigenvalue weighted by Crippen LogP contribution is 2.56. The van der Waals surface area contributed by atoms with Crippen LogP contribution >= 0.6 is 11.6 Å². The lowest BCUT2D eigenvalue weighted by Gasteiger charge is -2.41. The molecule has 11 heteroatoms. The number of nitriles is 1. The molecule has 0 heterocycles. The Labute approximate surface area is 205 Å². The number of amides is 1. The molecule has 2 saturated carbocycles. The molecule has 2 aromatic rings. The van der Waals surface area contributed by atoms with Crippen LogP contribution in [0.1, 0.15) is 43.0 Å². The first-order valence-electron chi connectivity index (χ1n) is 11.0. The number of aliphatic hydroxyl groups is 1. The fourth-order valence-electron chi connectivity index (χ4n) is 5.57. The van der Waals surface area contributed by atoms with Gasteiger partial charge in [0.25, 0.3) is 5.91 Å². The highest BCUT2D eigenvalue weighted by atomic mass is 35.5. The average Bonchev–Trinajstić information content (AvgIpc) is 2.90. The molecule has 0 saturated heterocycles. The Bertz CT molecular complexity index is 1320. The lowest BCUT2D eigenvalue weighted by Crippen LogP contribution is -2.48. The summed E-state index contributed by atoms with van der Waals surface area (Å²) in [6.07, 6.45) is 0.845. The van der Waals surface area contributed by atoms with Gasteiger partial charge in [0.2, 0.25) is 0 Å². The van der Waals surface area contributed by atoms with Crippen LogP contribution in [-0.4, -0.2) is 30.3 Å². The van der Waals surface area contributed by atoms with Gasteiger partial charge in [-0.25, -0.2) is 21.6 Å². The number of hydrogen-bond acceptors (Lipinski definition) is 5. The number of fused-ring (bicyclic) bond motifs is 2. The molecule has 2 aromatic carbocycles. The van der Waals surface area contributed by atoms with E-state index in [9.17, 15) is 31.5 Å². The Kier molecular flexibility index (Phi) is 6.64. The van der Waals surface area contributed by atoms with Crippen LogP contribution in [0.4, 0.5) is 18.9 Å².